The number of carbonyl (C=O) groups is 1. The summed E-state index contributed by atoms with van der Waals surface area (Å²) < 4.78 is 4.74. The molecule has 106 valence electrons. The van der Waals surface area contributed by atoms with Gasteiger partial charge >= 0.3 is 5.97 Å². The summed E-state index contributed by atoms with van der Waals surface area (Å²) in [7, 11) is 1.34. The highest BCUT2D eigenvalue weighted by Crippen LogP contribution is 2.27. The van der Waals surface area contributed by atoms with Crippen LogP contribution in [0.3, 0.4) is 0 Å². The number of carbonyl (C=O) groups excluding carboxylic acids is 1. The van der Waals surface area contributed by atoms with Crippen LogP contribution in [0, 0.1) is 0 Å². The Morgan fingerprint density at radius 1 is 1.29 bits per heavy atom. The van der Waals surface area contributed by atoms with E-state index >= 15 is 0 Å². The summed E-state index contributed by atoms with van der Waals surface area (Å²) in [4.78, 5) is 18.9. The molecule has 0 aliphatic rings. The van der Waals surface area contributed by atoms with Gasteiger partial charge in [0.1, 0.15) is 0 Å². The number of nitrogens with zero attached hydrogens (tertiary/aromatic N) is 1. The minimum Gasteiger partial charge on any atom is -0.465 e. The molecule has 0 saturated heterocycles. The molecule has 2 N–H and O–H groups in total. The van der Waals surface area contributed by atoms with Gasteiger partial charge in [0.05, 0.1) is 36.6 Å². The molecule has 2 aromatic carbocycles. The number of fused-ring (bicyclic) bond motifs is 1. The average molecular weight is 282 g/mol. The molecule has 0 bridgehead atoms. The van der Waals surface area contributed by atoms with Gasteiger partial charge in [-0.2, -0.15) is 0 Å². The fraction of sp³-hybridized carbons (Fsp3) is 0.125. The van der Waals surface area contributed by atoms with Crippen LogP contribution in [-0.2, 0) is 11.3 Å². The quantitative estimate of drug-likeness (QED) is 0.724. The lowest BCUT2D eigenvalue weighted by Gasteiger charge is -2.10. The number of nitrogens with one attached hydrogen (secondary N) is 1. The number of hydrogen-bond donors (Lipinski definition) is 2. The van der Waals surface area contributed by atoms with Gasteiger partial charge in [0.2, 0.25) is 0 Å². The first-order chi connectivity index (χ1) is 10.2. The number of ether oxygens (including phenoxy) is 1. The normalized spacial score (nSPS) is 10.8. The third kappa shape index (κ3) is 2.39. The number of aliphatic hydroxyl groups excluding tert-OH is 1. The molecule has 5 nitrogen and oxygen atoms in total. The van der Waals surface area contributed by atoms with Crippen LogP contribution in [0.1, 0.15) is 15.9 Å². The number of aliphatic hydroxyl groups is 1. The molecule has 0 saturated carbocycles. The highest BCUT2D eigenvalue weighted by molar-refractivity contribution is 5.92. The summed E-state index contributed by atoms with van der Waals surface area (Å²) >= 11 is 0. The molecule has 0 fully saturated rings. The Hall–Kier alpha value is -2.66. The molecule has 1 heterocycles. The van der Waals surface area contributed by atoms with Crippen molar-refractivity contribution in [1.29, 1.82) is 0 Å². The molecule has 0 aliphatic carbocycles. The lowest BCUT2D eigenvalue weighted by Crippen LogP contribution is -2.02. The van der Waals surface area contributed by atoms with Crippen molar-refractivity contribution in [3.63, 3.8) is 0 Å². The Bertz CT molecular complexity index is 808. The van der Waals surface area contributed by atoms with Gasteiger partial charge in [-0.25, -0.2) is 9.78 Å². The molecule has 0 aliphatic heterocycles. The fourth-order valence-electron chi connectivity index (χ4n) is 2.33. The van der Waals surface area contributed by atoms with Crippen molar-refractivity contribution in [3.8, 4) is 11.1 Å². The largest absolute Gasteiger partial charge is 0.465 e. The lowest BCUT2D eigenvalue weighted by atomic mass is 9.97. The van der Waals surface area contributed by atoms with Gasteiger partial charge < -0.3 is 14.8 Å². The van der Waals surface area contributed by atoms with Crippen LogP contribution in [0.5, 0.6) is 0 Å². The Morgan fingerprint density at radius 3 is 2.90 bits per heavy atom. The maximum atomic E-state index is 11.7. The van der Waals surface area contributed by atoms with Crippen molar-refractivity contribution in [2.45, 2.75) is 6.61 Å². The Kier molecular flexibility index (Phi) is 3.41. The Balaban J connectivity index is 2.16. The molecule has 21 heavy (non-hydrogen) atoms. The van der Waals surface area contributed by atoms with E-state index in [0.717, 1.165) is 27.7 Å². The number of aromatic nitrogens is 2. The van der Waals surface area contributed by atoms with Gasteiger partial charge in [-0.05, 0) is 41.0 Å². The maximum Gasteiger partial charge on any atom is 0.337 e. The van der Waals surface area contributed by atoms with Gasteiger partial charge in [0, 0.05) is 0 Å². The van der Waals surface area contributed by atoms with Crippen molar-refractivity contribution in [2.24, 2.45) is 0 Å². The predicted octanol–water partition coefficient (Wildman–Crippen LogP) is 2.51. The highest BCUT2D eigenvalue weighted by atomic mass is 16.5. The van der Waals surface area contributed by atoms with Gasteiger partial charge in [-0.3, -0.25) is 0 Å². The van der Waals surface area contributed by atoms with E-state index in [1.165, 1.54) is 7.11 Å². The van der Waals surface area contributed by atoms with Crippen molar-refractivity contribution in [2.75, 3.05) is 7.11 Å². The van der Waals surface area contributed by atoms with Crippen LogP contribution in [0.4, 0.5) is 0 Å². The van der Waals surface area contributed by atoms with E-state index in [0.29, 0.717) is 5.56 Å². The van der Waals surface area contributed by atoms with E-state index in [4.69, 9.17) is 4.74 Å². The summed E-state index contributed by atoms with van der Waals surface area (Å²) in [5.41, 5.74) is 4.66. The minimum absolute atomic E-state index is 0.102. The molecule has 0 radical (unpaired) electrons. The number of rotatable bonds is 3. The smallest absolute Gasteiger partial charge is 0.337 e. The third-order valence-electron chi connectivity index (χ3n) is 3.43. The molecular formula is C16H14N2O3. The highest BCUT2D eigenvalue weighted by Gasteiger charge is 2.11. The second-order valence-corrected chi connectivity index (χ2v) is 4.66. The van der Waals surface area contributed by atoms with Crippen LogP contribution >= 0.6 is 0 Å². The van der Waals surface area contributed by atoms with Crippen molar-refractivity contribution < 1.29 is 14.6 Å². The first kappa shape index (κ1) is 13.3. The Labute approximate surface area is 121 Å². The molecule has 0 unspecified atom stereocenters. The van der Waals surface area contributed by atoms with Crippen LogP contribution in [-0.4, -0.2) is 28.2 Å². The van der Waals surface area contributed by atoms with Gasteiger partial charge in [-0.15, -0.1) is 0 Å². The molecular weight excluding hydrogens is 268 g/mol. The SMILES string of the molecule is COC(=O)c1ccc(CO)c(-c2ccc3[nH]cnc3c2)c1. The fourth-order valence-corrected chi connectivity index (χ4v) is 2.33. The molecule has 0 atom stereocenters. The lowest BCUT2D eigenvalue weighted by molar-refractivity contribution is 0.0600. The van der Waals surface area contributed by atoms with Gasteiger partial charge in [-0.1, -0.05) is 12.1 Å². The molecule has 1 aromatic heterocycles. The van der Waals surface area contributed by atoms with Crippen molar-refractivity contribution >= 4 is 17.0 Å². The number of hydrogen-bond acceptors (Lipinski definition) is 4. The zero-order valence-electron chi connectivity index (χ0n) is 11.5. The van der Waals surface area contributed by atoms with Crippen LogP contribution < -0.4 is 0 Å². The van der Waals surface area contributed by atoms with E-state index in [2.05, 4.69) is 9.97 Å². The predicted molar refractivity (Wildman–Crippen MR) is 78.8 cm³/mol. The van der Waals surface area contributed by atoms with E-state index in [1.54, 1.807) is 24.5 Å². The molecule has 3 rings (SSSR count). The summed E-state index contributed by atoms with van der Waals surface area (Å²) in [5, 5.41) is 9.50. The van der Waals surface area contributed by atoms with Crippen LogP contribution in [0.25, 0.3) is 22.2 Å². The Morgan fingerprint density at radius 2 is 2.14 bits per heavy atom. The number of methoxy groups -OCH3 is 1. The first-order valence-corrected chi connectivity index (χ1v) is 6.48. The topological polar surface area (TPSA) is 75.2 Å². The minimum atomic E-state index is -0.401. The monoisotopic (exact) mass is 282 g/mol. The first-order valence-electron chi connectivity index (χ1n) is 6.48. The summed E-state index contributed by atoms with van der Waals surface area (Å²) in [5.74, 6) is -0.401. The van der Waals surface area contributed by atoms with E-state index < -0.39 is 5.97 Å². The number of benzene rings is 2. The van der Waals surface area contributed by atoms with Crippen LogP contribution in [0.2, 0.25) is 0 Å². The number of aromatic amines is 1. The van der Waals surface area contributed by atoms with Gasteiger partial charge in [0.15, 0.2) is 0 Å². The maximum absolute atomic E-state index is 11.7. The molecule has 0 spiro atoms. The van der Waals surface area contributed by atoms with E-state index in [9.17, 15) is 9.90 Å². The second-order valence-electron chi connectivity index (χ2n) is 4.66. The number of imidazole rings is 1. The van der Waals surface area contributed by atoms with Crippen molar-refractivity contribution in [3.05, 3.63) is 53.9 Å². The summed E-state index contributed by atoms with van der Waals surface area (Å²) in [6.45, 7) is -0.102. The molecule has 0 amide bonds. The zero-order valence-corrected chi connectivity index (χ0v) is 11.5. The van der Waals surface area contributed by atoms with E-state index in [-0.39, 0.29) is 6.61 Å². The van der Waals surface area contributed by atoms with Crippen LogP contribution in [0.15, 0.2) is 42.7 Å². The molecule has 3 aromatic rings. The van der Waals surface area contributed by atoms with E-state index in [1.807, 2.05) is 18.2 Å². The number of H-pyrrole nitrogens is 1. The second kappa shape index (κ2) is 5.38. The summed E-state index contributed by atoms with van der Waals surface area (Å²) in [6.07, 6.45) is 1.63. The third-order valence-corrected chi connectivity index (χ3v) is 3.43. The number of esters is 1. The average Bonchev–Trinajstić information content (AvgIpc) is 3.01. The molecule has 5 heteroatoms. The standard InChI is InChI=1S/C16H14N2O3/c1-21-16(20)11-2-3-12(8-19)13(6-11)10-4-5-14-15(7-10)18-9-17-14/h2-7,9,19H,8H2,1H3,(H,17,18). The summed E-state index contributed by atoms with van der Waals surface area (Å²) in [6, 6.07) is 10.9. The van der Waals surface area contributed by atoms with Gasteiger partial charge in [0.25, 0.3) is 0 Å². The zero-order chi connectivity index (χ0) is 14.8. The van der Waals surface area contributed by atoms with Crippen molar-refractivity contribution in [1.82, 2.24) is 9.97 Å².